The van der Waals surface area contributed by atoms with Gasteiger partial charge in [-0.15, -0.1) is 0 Å². The molecule has 2 aromatic rings. The fourth-order valence-electron chi connectivity index (χ4n) is 2.45. The number of aromatic nitrogens is 1. The molecule has 0 unspecified atom stereocenters. The van der Waals surface area contributed by atoms with Crippen LogP contribution in [0.3, 0.4) is 0 Å². The molecule has 110 valence electrons. The van der Waals surface area contributed by atoms with Crippen LogP contribution in [0.2, 0.25) is 0 Å². The highest BCUT2D eigenvalue weighted by molar-refractivity contribution is 7.98. The normalized spacial score (nSPS) is 11.7. The third-order valence-electron chi connectivity index (χ3n) is 3.55. The molecule has 0 bridgehead atoms. The predicted octanol–water partition coefficient (Wildman–Crippen LogP) is 4.22. The van der Waals surface area contributed by atoms with Gasteiger partial charge in [-0.05, 0) is 50.9 Å². The summed E-state index contributed by atoms with van der Waals surface area (Å²) in [5.74, 6) is 2.37. The second-order valence-electron chi connectivity index (χ2n) is 5.74. The molecule has 0 saturated carbocycles. The summed E-state index contributed by atoms with van der Waals surface area (Å²) in [4.78, 5) is 5.88. The average molecular weight is 290 g/mol. The lowest BCUT2D eigenvalue weighted by Crippen LogP contribution is -2.15. The van der Waals surface area contributed by atoms with E-state index in [0.717, 1.165) is 18.7 Å². The second kappa shape index (κ2) is 7.19. The van der Waals surface area contributed by atoms with Crippen molar-refractivity contribution in [3.05, 3.63) is 35.0 Å². The van der Waals surface area contributed by atoms with E-state index in [1.165, 1.54) is 39.9 Å². The van der Waals surface area contributed by atoms with E-state index in [0.29, 0.717) is 0 Å². The molecule has 0 atom stereocenters. The lowest BCUT2D eigenvalue weighted by Gasteiger charge is -2.10. The third-order valence-corrected chi connectivity index (χ3v) is 4.74. The Morgan fingerprint density at radius 1 is 1.25 bits per heavy atom. The summed E-state index contributed by atoms with van der Waals surface area (Å²) in [5, 5.41) is 1.42. The largest absolute Gasteiger partial charge is 0.358 e. The molecule has 1 aromatic carbocycles. The van der Waals surface area contributed by atoms with Gasteiger partial charge in [0.05, 0.1) is 0 Å². The summed E-state index contributed by atoms with van der Waals surface area (Å²) in [7, 11) is 4.27. The van der Waals surface area contributed by atoms with Crippen LogP contribution in [0.25, 0.3) is 10.9 Å². The van der Waals surface area contributed by atoms with E-state index < -0.39 is 0 Å². The first-order chi connectivity index (χ1) is 9.61. The summed E-state index contributed by atoms with van der Waals surface area (Å²) in [6, 6.07) is 6.74. The van der Waals surface area contributed by atoms with Crippen LogP contribution in [0.1, 0.15) is 30.2 Å². The first kappa shape index (κ1) is 15.5. The summed E-state index contributed by atoms with van der Waals surface area (Å²) in [5.41, 5.74) is 5.57. The van der Waals surface area contributed by atoms with Crippen molar-refractivity contribution in [2.24, 2.45) is 0 Å². The van der Waals surface area contributed by atoms with Gasteiger partial charge < -0.3 is 9.88 Å². The Morgan fingerprint density at radius 3 is 2.75 bits per heavy atom. The van der Waals surface area contributed by atoms with Crippen molar-refractivity contribution in [3.8, 4) is 0 Å². The van der Waals surface area contributed by atoms with E-state index in [-0.39, 0.29) is 0 Å². The number of thioether (sulfide) groups is 1. The Balaban J connectivity index is 2.30. The number of benzene rings is 1. The Bertz CT molecular complexity index is 557. The fraction of sp³-hybridized carbons (Fsp3) is 0.529. The SMILES string of the molecule is CCCSCc1c(CCN(C)C)[nH]c2ccc(C)cc12. The van der Waals surface area contributed by atoms with Crippen molar-refractivity contribution in [3.63, 3.8) is 0 Å². The maximum absolute atomic E-state index is 3.63. The quantitative estimate of drug-likeness (QED) is 0.770. The van der Waals surface area contributed by atoms with Gasteiger partial charge in [-0.2, -0.15) is 11.8 Å². The highest BCUT2D eigenvalue weighted by atomic mass is 32.2. The molecule has 0 fully saturated rings. The van der Waals surface area contributed by atoms with Gasteiger partial charge in [-0.25, -0.2) is 0 Å². The van der Waals surface area contributed by atoms with Crippen LogP contribution in [0.5, 0.6) is 0 Å². The molecule has 0 amide bonds. The second-order valence-corrected chi connectivity index (χ2v) is 6.84. The standard InChI is InChI=1S/C17H26N2S/c1-5-10-20-12-15-14-11-13(2)6-7-16(14)18-17(15)8-9-19(3)4/h6-7,11,18H,5,8-10,12H2,1-4H3. The Kier molecular flexibility index (Phi) is 5.55. The number of likely N-dealkylation sites (N-methyl/N-ethyl adjacent to an activating group) is 1. The van der Waals surface area contributed by atoms with Gasteiger partial charge in [0.15, 0.2) is 0 Å². The topological polar surface area (TPSA) is 19.0 Å². The van der Waals surface area contributed by atoms with Crippen LogP contribution in [0.4, 0.5) is 0 Å². The number of hydrogen-bond acceptors (Lipinski definition) is 2. The van der Waals surface area contributed by atoms with Crippen molar-refractivity contribution in [1.29, 1.82) is 0 Å². The molecular weight excluding hydrogens is 264 g/mol. The van der Waals surface area contributed by atoms with Gasteiger partial charge in [0.2, 0.25) is 0 Å². The minimum absolute atomic E-state index is 1.09. The van der Waals surface area contributed by atoms with Crippen LogP contribution in [-0.4, -0.2) is 36.3 Å². The van der Waals surface area contributed by atoms with E-state index in [4.69, 9.17) is 0 Å². The molecule has 1 aromatic heterocycles. The molecule has 2 nitrogen and oxygen atoms in total. The van der Waals surface area contributed by atoms with Crippen molar-refractivity contribution < 1.29 is 0 Å². The molecule has 2 rings (SSSR count). The van der Waals surface area contributed by atoms with Crippen LogP contribution in [0, 0.1) is 6.92 Å². The molecule has 0 saturated heterocycles. The highest BCUT2D eigenvalue weighted by Gasteiger charge is 2.11. The average Bonchev–Trinajstić information content (AvgIpc) is 2.74. The van der Waals surface area contributed by atoms with Crippen LogP contribution in [-0.2, 0) is 12.2 Å². The van der Waals surface area contributed by atoms with Gasteiger partial charge >= 0.3 is 0 Å². The molecule has 1 N–H and O–H groups in total. The molecule has 20 heavy (non-hydrogen) atoms. The van der Waals surface area contributed by atoms with Crippen molar-refractivity contribution in [2.75, 3.05) is 26.4 Å². The molecule has 3 heteroatoms. The lowest BCUT2D eigenvalue weighted by molar-refractivity contribution is 0.412. The minimum atomic E-state index is 1.09. The zero-order valence-electron chi connectivity index (χ0n) is 13.1. The van der Waals surface area contributed by atoms with Gasteiger partial charge in [-0.1, -0.05) is 18.6 Å². The number of H-pyrrole nitrogens is 1. The van der Waals surface area contributed by atoms with Crippen LogP contribution in [0.15, 0.2) is 18.2 Å². The van der Waals surface area contributed by atoms with Crippen molar-refractivity contribution in [1.82, 2.24) is 9.88 Å². The summed E-state index contributed by atoms with van der Waals surface area (Å²) >= 11 is 2.05. The van der Waals surface area contributed by atoms with Crippen molar-refractivity contribution in [2.45, 2.75) is 32.4 Å². The number of aromatic amines is 1. The molecule has 0 radical (unpaired) electrons. The maximum Gasteiger partial charge on any atom is 0.0459 e. The Hall–Kier alpha value is -0.930. The van der Waals surface area contributed by atoms with Gasteiger partial charge in [0, 0.05) is 35.3 Å². The van der Waals surface area contributed by atoms with Gasteiger partial charge in [0.25, 0.3) is 0 Å². The fourth-order valence-corrected chi connectivity index (χ4v) is 3.42. The van der Waals surface area contributed by atoms with Crippen molar-refractivity contribution >= 4 is 22.7 Å². The number of nitrogens with one attached hydrogen (secondary N) is 1. The molecule has 0 aliphatic carbocycles. The summed E-state index contributed by atoms with van der Waals surface area (Å²) in [6.45, 7) is 5.52. The molecule has 0 spiro atoms. The lowest BCUT2D eigenvalue weighted by atomic mass is 10.1. The summed E-state index contributed by atoms with van der Waals surface area (Å²) in [6.07, 6.45) is 2.35. The molecular formula is C17H26N2S. The molecule has 0 aliphatic heterocycles. The first-order valence-corrected chi connectivity index (χ1v) is 8.59. The zero-order valence-corrected chi connectivity index (χ0v) is 13.9. The number of hydrogen-bond donors (Lipinski definition) is 1. The zero-order chi connectivity index (χ0) is 14.5. The number of nitrogens with zero attached hydrogens (tertiary/aromatic N) is 1. The summed E-state index contributed by atoms with van der Waals surface area (Å²) < 4.78 is 0. The van der Waals surface area contributed by atoms with Crippen LogP contribution >= 0.6 is 11.8 Å². The minimum Gasteiger partial charge on any atom is -0.358 e. The first-order valence-electron chi connectivity index (χ1n) is 7.44. The van der Waals surface area contributed by atoms with E-state index >= 15 is 0 Å². The van der Waals surface area contributed by atoms with Gasteiger partial charge in [-0.3, -0.25) is 0 Å². The Labute approximate surface area is 126 Å². The predicted molar refractivity (Wildman–Crippen MR) is 91.7 cm³/mol. The smallest absolute Gasteiger partial charge is 0.0459 e. The highest BCUT2D eigenvalue weighted by Crippen LogP contribution is 2.28. The van der Waals surface area contributed by atoms with E-state index in [9.17, 15) is 0 Å². The Morgan fingerprint density at radius 2 is 2.05 bits per heavy atom. The third kappa shape index (κ3) is 3.80. The monoisotopic (exact) mass is 290 g/mol. The van der Waals surface area contributed by atoms with Gasteiger partial charge in [0.1, 0.15) is 0 Å². The van der Waals surface area contributed by atoms with E-state index in [1.54, 1.807) is 0 Å². The van der Waals surface area contributed by atoms with Crippen LogP contribution < -0.4 is 0 Å². The number of rotatable bonds is 7. The van der Waals surface area contributed by atoms with E-state index in [1.807, 2.05) is 11.8 Å². The number of aryl methyl sites for hydroxylation is 1. The maximum atomic E-state index is 3.63. The number of fused-ring (bicyclic) bond motifs is 1. The van der Waals surface area contributed by atoms with E-state index in [2.05, 4.69) is 56.0 Å². The molecule has 0 aliphatic rings. The molecule has 1 heterocycles.